The van der Waals surface area contributed by atoms with E-state index in [1.54, 1.807) is 23.1 Å². The third-order valence-corrected chi connectivity index (χ3v) is 7.76. The molecule has 3 heterocycles. The molecule has 1 aliphatic heterocycles. The van der Waals surface area contributed by atoms with Gasteiger partial charge in [-0.15, -0.1) is 34.4 Å². The molecular formula is C21H22N2OS3. The molecule has 0 saturated carbocycles. The Bertz CT molecular complexity index is 929. The van der Waals surface area contributed by atoms with Crippen LogP contribution in [0.5, 0.6) is 0 Å². The summed E-state index contributed by atoms with van der Waals surface area (Å²) < 4.78 is 0. The molecule has 2 aromatic heterocycles. The van der Waals surface area contributed by atoms with Crippen LogP contribution in [0.4, 0.5) is 0 Å². The van der Waals surface area contributed by atoms with Crippen LogP contribution < -0.4 is 0 Å². The van der Waals surface area contributed by atoms with Crippen molar-refractivity contribution in [3.05, 3.63) is 67.8 Å². The quantitative estimate of drug-likeness (QED) is 0.483. The molecule has 0 N–H and O–H groups in total. The fourth-order valence-corrected chi connectivity index (χ4v) is 6.01. The minimum absolute atomic E-state index is 0.144. The van der Waals surface area contributed by atoms with E-state index >= 15 is 0 Å². The molecule has 1 aromatic carbocycles. The predicted octanol–water partition coefficient (Wildman–Crippen LogP) is 5.95. The number of fused-ring (bicyclic) bond motifs is 1. The lowest BCUT2D eigenvalue weighted by atomic mass is 9.97. The van der Waals surface area contributed by atoms with Crippen LogP contribution in [0.1, 0.15) is 50.9 Å². The molecule has 0 bridgehead atoms. The number of thiophene rings is 1. The van der Waals surface area contributed by atoms with Gasteiger partial charge in [-0.2, -0.15) is 0 Å². The minimum atomic E-state index is 0.144. The first kappa shape index (κ1) is 18.7. The maximum atomic E-state index is 13.1. The first-order chi connectivity index (χ1) is 13.2. The van der Waals surface area contributed by atoms with Crippen molar-refractivity contribution < 1.29 is 4.79 Å². The lowest BCUT2D eigenvalue weighted by Gasteiger charge is -2.35. The summed E-state index contributed by atoms with van der Waals surface area (Å²) in [7, 11) is 0. The second-order valence-corrected chi connectivity index (χ2v) is 9.75. The van der Waals surface area contributed by atoms with Crippen molar-refractivity contribution >= 4 is 40.3 Å². The molecule has 0 saturated heterocycles. The van der Waals surface area contributed by atoms with Crippen molar-refractivity contribution in [2.75, 3.05) is 6.54 Å². The maximum absolute atomic E-state index is 13.1. The van der Waals surface area contributed by atoms with E-state index in [0.29, 0.717) is 0 Å². The van der Waals surface area contributed by atoms with Crippen LogP contribution in [0.25, 0.3) is 0 Å². The Labute approximate surface area is 172 Å². The molecule has 1 amide bonds. The van der Waals surface area contributed by atoms with Crippen molar-refractivity contribution in [2.45, 2.75) is 43.4 Å². The number of aromatic nitrogens is 1. The Morgan fingerprint density at radius 1 is 1.26 bits per heavy atom. The summed E-state index contributed by atoms with van der Waals surface area (Å²) in [5, 5.41) is 5.37. The van der Waals surface area contributed by atoms with Crippen LogP contribution in [-0.4, -0.2) is 22.3 Å². The van der Waals surface area contributed by atoms with E-state index in [9.17, 15) is 4.79 Å². The Morgan fingerprint density at radius 2 is 2.07 bits per heavy atom. The number of amides is 1. The van der Waals surface area contributed by atoms with E-state index in [1.165, 1.54) is 15.3 Å². The summed E-state index contributed by atoms with van der Waals surface area (Å²) in [4.78, 5) is 22.3. The summed E-state index contributed by atoms with van der Waals surface area (Å²) in [5.74, 6) is 1.01. The predicted molar refractivity (Wildman–Crippen MR) is 115 cm³/mol. The highest BCUT2D eigenvalue weighted by Crippen LogP contribution is 2.36. The number of thioether (sulfide) groups is 1. The smallest absolute Gasteiger partial charge is 0.254 e. The van der Waals surface area contributed by atoms with Gasteiger partial charge in [-0.05, 0) is 61.0 Å². The molecule has 140 valence electrons. The van der Waals surface area contributed by atoms with Crippen molar-refractivity contribution in [3.8, 4) is 0 Å². The molecule has 27 heavy (non-hydrogen) atoms. The zero-order valence-corrected chi connectivity index (χ0v) is 17.9. The van der Waals surface area contributed by atoms with Crippen LogP contribution in [0.2, 0.25) is 0 Å². The Hall–Kier alpha value is -1.63. The number of carbonyl (C=O) groups excluding carboxylic acids is 1. The molecule has 0 aliphatic carbocycles. The molecule has 3 nitrogen and oxygen atoms in total. The third kappa shape index (κ3) is 3.98. The number of carbonyl (C=O) groups is 1. The normalized spacial score (nSPS) is 16.4. The summed E-state index contributed by atoms with van der Waals surface area (Å²) in [6, 6.07) is 10.4. The molecule has 0 fully saturated rings. The highest BCUT2D eigenvalue weighted by atomic mass is 32.2. The number of hydrogen-bond donors (Lipinski definition) is 0. The number of nitrogens with zero attached hydrogens (tertiary/aromatic N) is 2. The third-order valence-electron chi connectivity index (χ3n) is 4.90. The number of hydrogen-bond acceptors (Lipinski definition) is 5. The first-order valence-electron chi connectivity index (χ1n) is 9.17. The summed E-state index contributed by atoms with van der Waals surface area (Å²) in [5.41, 5.74) is 3.24. The Balaban J connectivity index is 1.44. The van der Waals surface area contributed by atoms with Gasteiger partial charge in [-0.1, -0.05) is 6.92 Å². The minimum Gasteiger partial charge on any atom is -0.331 e. The standard InChI is InChI=1S/C21H22N2OS3/c1-3-19-18-9-11-25-20(18)8-10-23(19)21(24)15-4-6-17(7-5-15)27-13-16-12-26-14(2)22-16/h4-7,9,11-12,19H,3,8,10,13H2,1-2H3. The van der Waals surface area contributed by atoms with Gasteiger partial charge in [0.25, 0.3) is 5.91 Å². The van der Waals surface area contributed by atoms with Gasteiger partial charge < -0.3 is 4.90 Å². The average molecular weight is 415 g/mol. The van der Waals surface area contributed by atoms with Crippen LogP contribution >= 0.6 is 34.4 Å². The number of thiazole rings is 1. The summed E-state index contributed by atoms with van der Waals surface area (Å²) >= 11 is 5.26. The van der Waals surface area contributed by atoms with Crippen molar-refractivity contribution in [2.24, 2.45) is 0 Å². The zero-order valence-electron chi connectivity index (χ0n) is 15.5. The van der Waals surface area contributed by atoms with Gasteiger partial charge >= 0.3 is 0 Å². The van der Waals surface area contributed by atoms with E-state index in [1.807, 2.05) is 30.4 Å². The van der Waals surface area contributed by atoms with Gasteiger partial charge in [-0.25, -0.2) is 4.98 Å². The summed E-state index contributed by atoms with van der Waals surface area (Å²) in [6.45, 7) is 5.00. The van der Waals surface area contributed by atoms with Gasteiger partial charge in [0.2, 0.25) is 0 Å². The zero-order chi connectivity index (χ0) is 18.8. The van der Waals surface area contributed by atoms with Crippen LogP contribution in [0, 0.1) is 6.92 Å². The van der Waals surface area contributed by atoms with Gasteiger partial charge in [0.05, 0.1) is 16.7 Å². The molecular weight excluding hydrogens is 392 g/mol. The molecule has 4 rings (SSSR count). The van der Waals surface area contributed by atoms with Gasteiger partial charge in [-0.3, -0.25) is 4.79 Å². The fraction of sp³-hybridized carbons (Fsp3) is 0.333. The van der Waals surface area contributed by atoms with Gasteiger partial charge in [0.15, 0.2) is 0 Å². The van der Waals surface area contributed by atoms with Crippen molar-refractivity contribution in [1.82, 2.24) is 9.88 Å². The second-order valence-electron chi connectivity index (χ2n) is 6.64. The van der Waals surface area contributed by atoms with Crippen molar-refractivity contribution in [1.29, 1.82) is 0 Å². The topological polar surface area (TPSA) is 33.2 Å². The number of benzene rings is 1. The second kappa shape index (κ2) is 8.17. The molecule has 1 atom stereocenters. The van der Waals surface area contributed by atoms with Gasteiger partial charge in [0, 0.05) is 33.0 Å². The number of rotatable bonds is 5. The average Bonchev–Trinajstić information content (AvgIpc) is 3.34. The van der Waals surface area contributed by atoms with E-state index in [2.05, 4.69) is 45.8 Å². The fourth-order valence-electron chi connectivity index (χ4n) is 3.57. The van der Waals surface area contributed by atoms with E-state index in [4.69, 9.17) is 0 Å². The monoisotopic (exact) mass is 414 g/mol. The first-order valence-corrected chi connectivity index (χ1v) is 11.9. The van der Waals surface area contributed by atoms with Crippen LogP contribution in [-0.2, 0) is 12.2 Å². The van der Waals surface area contributed by atoms with Gasteiger partial charge in [0.1, 0.15) is 0 Å². The highest BCUT2D eigenvalue weighted by Gasteiger charge is 2.30. The van der Waals surface area contributed by atoms with Crippen LogP contribution in [0.15, 0.2) is 46.0 Å². The molecule has 0 radical (unpaired) electrons. The lowest BCUT2D eigenvalue weighted by Crippen LogP contribution is -2.39. The van der Waals surface area contributed by atoms with Crippen molar-refractivity contribution in [3.63, 3.8) is 0 Å². The van der Waals surface area contributed by atoms with Crippen LogP contribution in [0.3, 0.4) is 0 Å². The Morgan fingerprint density at radius 3 is 2.78 bits per heavy atom. The summed E-state index contributed by atoms with van der Waals surface area (Å²) in [6.07, 6.45) is 1.92. The molecule has 6 heteroatoms. The largest absolute Gasteiger partial charge is 0.331 e. The lowest BCUT2D eigenvalue weighted by molar-refractivity contribution is 0.0657. The maximum Gasteiger partial charge on any atom is 0.254 e. The van der Waals surface area contributed by atoms with E-state index in [0.717, 1.165) is 41.4 Å². The molecule has 3 aromatic rings. The molecule has 0 spiro atoms. The Kier molecular flexibility index (Phi) is 5.66. The molecule has 1 aliphatic rings. The number of aryl methyl sites for hydroxylation is 1. The highest BCUT2D eigenvalue weighted by molar-refractivity contribution is 7.98. The van der Waals surface area contributed by atoms with E-state index in [-0.39, 0.29) is 11.9 Å². The SMILES string of the molecule is CCC1c2ccsc2CCN1C(=O)c1ccc(SCc2csc(C)n2)cc1. The van der Waals surface area contributed by atoms with E-state index < -0.39 is 0 Å². The molecule has 1 unspecified atom stereocenters.